The highest BCUT2D eigenvalue weighted by atomic mass is 32.2. The van der Waals surface area contributed by atoms with E-state index < -0.39 is 15.2 Å². The van der Waals surface area contributed by atoms with Crippen molar-refractivity contribution in [2.45, 2.75) is 21.2 Å². The number of benzene rings is 2. The van der Waals surface area contributed by atoms with Crippen molar-refractivity contribution in [1.29, 1.82) is 0 Å². The minimum atomic E-state index is -3.79. The van der Waals surface area contributed by atoms with Crippen LogP contribution in [0.1, 0.15) is 10.4 Å². The Labute approximate surface area is 144 Å². The van der Waals surface area contributed by atoms with Crippen LogP contribution >= 0.6 is 11.8 Å². The molecule has 1 aliphatic rings. The van der Waals surface area contributed by atoms with Crippen LogP contribution in [0.25, 0.3) is 0 Å². The third-order valence-corrected chi connectivity index (χ3v) is 6.77. The van der Waals surface area contributed by atoms with Crippen LogP contribution in [0.4, 0.5) is 0 Å². The van der Waals surface area contributed by atoms with E-state index in [1.54, 1.807) is 30.3 Å². The molecular weight excluding hydrogens is 346 g/mol. The van der Waals surface area contributed by atoms with E-state index in [0.717, 1.165) is 6.29 Å². The topological polar surface area (TPSA) is 80.3 Å². The molecule has 3 rings (SSSR count). The number of nitrogens with one attached hydrogen (secondary N) is 1. The Hall–Kier alpha value is -1.96. The van der Waals surface area contributed by atoms with Crippen molar-refractivity contribution in [2.24, 2.45) is 0 Å². The first-order chi connectivity index (χ1) is 11.5. The van der Waals surface area contributed by atoms with Gasteiger partial charge in [-0.2, -0.15) is 0 Å². The van der Waals surface area contributed by atoms with Crippen molar-refractivity contribution in [2.75, 3.05) is 5.75 Å². The minimum Gasteiger partial charge on any atom is -0.302 e. The highest BCUT2D eigenvalue weighted by Crippen LogP contribution is 2.28. The third-order valence-electron chi connectivity index (χ3n) is 3.71. The molecule has 2 unspecified atom stereocenters. The summed E-state index contributed by atoms with van der Waals surface area (Å²) in [5.74, 6) is 0.160. The van der Waals surface area contributed by atoms with E-state index in [-0.39, 0.29) is 27.2 Å². The number of hydrogen-bond donors (Lipinski definition) is 1. The molecule has 0 aliphatic carbocycles. The maximum atomic E-state index is 12.9. The summed E-state index contributed by atoms with van der Waals surface area (Å²) in [5.41, 5.74) is 0.137. The van der Waals surface area contributed by atoms with Gasteiger partial charge in [-0.15, -0.1) is 11.8 Å². The number of ketones is 1. The smallest absolute Gasteiger partial charge is 0.207 e. The summed E-state index contributed by atoms with van der Waals surface area (Å²) in [5, 5.41) is 2.29. The normalized spacial score (nSPS) is 20.7. The molecule has 0 aromatic heterocycles. The van der Waals surface area contributed by atoms with Crippen molar-refractivity contribution < 1.29 is 18.0 Å². The van der Waals surface area contributed by atoms with Crippen LogP contribution in [0.15, 0.2) is 64.4 Å². The van der Waals surface area contributed by atoms with Gasteiger partial charge in [0.05, 0.1) is 15.8 Å². The second kappa shape index (κ2) is 6.88. The number of carbonyl (C=O) groups excluding carboxylic acids is 2. The van der Waals surface area contributed by atoms with Crippen molar-refractivity contribution in [1.82, 2.24) is 5.32 Å². The molecule has 1 aliphatic heterocycles. The lowest BCUT2D eigenvalue weighted by Crippen LogP contribution is -2.36. The Morgan fingerprint density at radius 2 is 1.75 bits per heavy atom. The minimum absolute atomic E-state index is 0.0156. The number of hydrogen-bond acceptors (Lipinski definition) is 6. The third kappa shape index (κ3) is 3.15. The van der Waals surface area contributed by atoms with E-state index in [0.29, 0.717) is 5.75 Å². The highest BCUT2D eigenvalue weighted by Gasteiger charge is 2.33. The molecule has 7 heteroatoms. The van der Waals surface area contributed by atoms with E-state index in [2.05, 4.69) is 5.32 Å². The standard InChI is InChI=1S/C17H15NO4S2/c19-10-12-11-23-17(18-12)16(20)14-8-4-5-9-15(14)24(21,22)13-6-2-1-3-7-13/h1-10,12,17-18H,11H2. The molecule has 0 spiro atoms. The van der Waals surface area contributed by atoms with Gasteiger partial charge in [-0.1, -0.05) is 30.3 Å². The molecule has 124 valence electrons. The molecule has 2 aromatic rings. The Balaban J connectivity index is 2.00. The van der Waals surface area contributed by atoms with Gasteiger partial charge in [0, 0.05) is 11.3 Å². The molecule has 2 aromatic carbocycles. The number of carbonyl (C=O) groups is 2. The fraction of sp³-hybridized carbons (Fsp3) is 0.176. The van der Waals surface area contributed by atoms with E-state index in [1.165, 1.54) is 36.0 Å². The van der Waals surface area contributed by atoms with Gasteiger partial charge in [0.2, 0.25) is 9.84 Å². The van der Waals surface area contributed by atoms with Crippen molar-refractivity contribution in [3.8, 4) is 0 Å². The molecule has 0 amide bonds. The van der Waals surface area contributed by atoms with Crippen LogP contribution in [0.3, 0.4) is 0 Å². The maximum Gasteiger partial charge on any atom is 0.207 e. The number of Topliss-reactive ketones (excluding diaryl/α,β-unsaturated/α-hetero) is 1. The fourth-order valence-electron chi connectivity index (χ4n) is 2.49. The Morgan fingerprint density at radius 1 is 1.08 bits per heavy atom. The van der Waals surface area contributed by atoms with E-state index >= 15 is 0 Å². The molecule has 1 N–H and O–H groups in total. The van der Waals surface area contributed by atoms with Crippen LogP contribution < -0.4 is 5.32 Å². The maximum absolute atomic E-state index is 12.9. The molecular formula is C17H15NO4S2. The van der Waals surface area contributed by atoms with Gasteiger partial charge in [-0.25, -0.2) is 8.42 Å². The average molecular weight is 361 g/mol. The second-order valence-electron chi connectivity index (χ2n) is 5.30. The Morgan fingerprint density at radius 3 is 2.42 bits per heavy atom. The first-order valence-electron chi connectivity index (χ1n) is 7.30. The average Bonchev–Trinajstić information content (AvgIpc) is 3.11. The summed E-state index contributed by atoms with van der Waals surface area (Å²) in [7, 11) is -3.79. The summed E-state index contributed by atoms with van der Waals surface area (Å²) in [6.45, 7) is 0. The van der Waals surface area contributed by atoms with Gasteiger partial charge in [0.25, 0.3) is 0 Å². The molecule has 1 heterocycles. The summed E-state index contributed by atoms with van der Waals surface area (Å²) in [4.78, 5) is 23.7. The van der Waals surface area contributed by atoms with Crippen molar-refractivity contribution in [3.05, 3.63) is 60.2 Å². The van der Waals surface area contributed by atoms with E-state index in [4.69, 9.17) is 0 Å². The summed E-state index contributed by atoms with van der Waals surface area (Å²) < 4.78 is 25.7. The summed E-state index contributed by atoms with van der Waals surface area (Å²) >= 11 is 1.31. The van der Waals surface area contributed by atoms with Crippen LogP contribution in [-0.4, -0.2) is 37.7 Å². The highest BCUT2D eigenvalue weighted by molar-refractivity contribution is 8.01. The molecule has 0 radical (unpaired) electrons. The summed E-state index contributed by atoms with van der Waals surface area (Å²) in [6.07, 6.45) is 0.757. The lowest BCUT2D eigenvalue weighted by molar-refractivity contribution is -0.109. The fourth-order valence-corrected chi connectivity index (χ4v) is 5.10. The zero-order valence-electron chi connectivity index (χ0n) is 12.6. The van der Waals surface area contributed by atoms with Crippen molar-refractivity contribution in [3.63, 3.8) is 0 Å². The van der Waals surface area contributed by atoms with Gasteiger partial charge in [0.1, 0.15) is 11.7 Å². The van der Waals surface area contributed by atoms with Crippen LogP contribution in [0, 0.1) is 0 Å². The first kappa shape index (κ1) is 16.9. The zero-order valence-corrected chi connectivity index (χ0v) is 14.2. The molecule has 0 bridgehead atoms. The van der Waals surface area contributed by atoms with Gasteiger partial charge in [0.15, 0.2) is 5.78 Å². The van der Waals surface area contributed by atoms with Gasteiger partial charge < -0.3 is 4.79 Å². The van der Waals surface area contributed by atoms with Gasteiger partial charge >= 0.3 is 0 Å². The zero-order chi connectivity index (χ0) is 17.2. The lowest BCUT2D eigenvalue weighted by Gasteiger charge is -2.13. The molecule has 2 atom stereocenters. The summed E-state index contributed by atoms with van der Waals surface area (Å²) in [6, 6.07) is 13.8. The van der Waals surface area contributed by atoms with E-state index in [1.807, 2.05) is 0 Å². The van der Waals surface area contributed by atoms with E-state index in [9.17, 15) is 18.0 Å². The number of aldehydes is 1. The SMILES string of the molecule is O=CC1CSC(C(=O)c2ccccc2S(=O)(=O)c2ccccc2)N1. The van der Waals surface area contributed by atoms with Crippen LogP contribution in [0.2, 0.25) is 0 Å². The van der Waals surface area contributed by atoms with Crippen LogP contribution in [0.5, 0.6) is 0 Å². The predicted molar refractivity (Wildman–Crippen MR) is 91.9 cm³/mol. The molecule has 0 saturated carbocycles. The second-order valence-corrected chi connectivity index (χ2v) is 8.36. The monoisotopic (exact) mass is 361 g/mol. The molecule has 1 saturated heterocycles. The quantitative estimate of drug-likeness (QED) is 0.647. The van der Waals surface area contributed by atoms with Crippen molar-refractivity contribution >= 4 is 33.7 Å². The molecule has 5 nitrogen and oxygen atoms in total. The lowest BCUT2D eigenvalue weighted by atomic mass is 10.1. The van der Waals surface area contributed by atoms with Gasteiger partial charge in [-0.3, -0.25) is 10.1 Å². The largest absolute Gasteiger partial charge is 0.302 e. The van der Waals surface area contributed by atoms with Crippen LogP contribution in [-0.2, 0) is 14.6 Å². The Bertz CT molecular complexity index is 865. The molecule has 1 fully saturated rings. The Kier molecular flexibility index (Phi) is 4.84. The molecule has 24 heavy (non-hydrogen) atoms. The number of thioether (sulfide) groups is 1. The number of sulfone groups is 1. The number of rotatable bonds is 5. The van der Waals surface area contributed by atoms with Gasteiger partial charge in [-0.05, 0) is 24.3 Å². The first-order valence-corrected chi connectivity index (χ1v) is 9.83. The predicted octanol–water partition coefficient (Wildman–Crippen LogP) is 1.93.